The van der Waals surface area contributed by atoms with Crippen LogP contribution in [0.4, 0.5) is 0 Å². The molecule has 0 saturated heterocycles. The summed E-state index contributed by atoms with van der Waals surface area (Å²) < 4.78 is 7.85. The molecule has 0 spiro atoms. The molecular weight excluding hydrogens is 354 g/mol. The highest BCUT2D eigenvalue weighted by atomic mass is 16.5. The maximum Gasteiger partial charge on any atom is 0.232 e. The second-order valence-electron chi connectivity index (χ2n) is 7.31. The average molecular weight is 375 g/mol. The number of nitrogens with one attached hydrogen (secondary N) is 1. The van der Waals surface area contributed by atoms with E-state index >= 15 is 0 Å². The fourth-order valence-corrected chi connectivity index (χ4v) is 4.22. The number of hydrogen-bond donors (Lipinski definition) is 1. The Hall–Kier alpha value is -3.22. The van der Waals surface area contributed by atoms with Crippen LogP contribution >= 0.6 is 0 Å². The fraction of sp³-hybridized carbons (Fsp3) is 0.333. The molecule has 0 bridgehead atoms. The molecule has 3 aromatic rings. The fourth-order valence-electron chi connectivity index (χ4n) is 4.22. The molecule has 28 heavy (non-hydrogen) atoms. The van der Waals surface area contributed by atoms with Crippen molar-refractivity contribution in [3.63, 3.8) is 0 Å². The zero-order chi connectivity index (χ0) is 18.9. The smallest absolute Gasteiger partial charge is 0.232 e. The van der Waals surface area contributed by atoms with E-state index in [1.165, 1.54) is 12.8 Å². The van der Waals surface area contributed by atoms with Crippen molar-refractivity contribution in [3.05, 3.63) is 65.5 Å². The summed E-state index contributed by atoms with van der Waals surface area (Å²) in [5.74, 6) is 1.64. The van der Waals surface area contributed by atoms with Crippen LogP contribution in [0, 0.1) is 0 Å². The zero-order valence-electron chi connectivity index (χ0n) is 15.4. The first-order valence-corrected chi connectivity index (χ1v) is 9.71. The number of hydrogen-bond acceptors (Lipinski definition) is 5. The standard InChI is InChI=1S/C21H21N5O2/c27-21(22-13-19-23-24-25-26(19)14-7-1-2-8-14)20-15-9-3-5-11-17(15)28-18-12-6-4-10-16(18)20/h3-6,9-12,14,20H,1-2,7-8,13H2,(H,22,27). The van der Waals surface area contributed by atoms with Crippen molar-refractivity contribution < 1.29 is 9.53 Å². The molecule has 5 rings (SSSR count). The minimum atomic E-state index is -0.419. The van der Waals surface area contributed by atoms with Crippen LogP contribution in [0.5, 0.6) is 11.5 Å². The summed E-state index contributed by atoms with van der Waals surface area (Å²) in [5.41, 5.74) is 1.74. The van der Waals surface area contributed by atoms with Crippen LogP contribution in [0.3, 0.4) is 0 Å². The molecule has 1 amide bonds. The lowest BCUT2D eigenvalue weighted by atomic mass is 9.87. The van der Waals surface area contributed by atoms with Crippen LogP contribution in [0.15, 0.2) is 48.5 Å². The average Bonchev–Trinajstić information content (AvgIpc) is 3.41. The first-order chi connectivity index (χ1) is 13.8. The monoisotopic (exact) mass is 375 g/mol. The normalized spacial score (nSPS) is 16.3. The predicted octanol–water partition coefficient (Wildman–Crippen LogP) is 3.34. The molecular formula is C21H21N5O2. The van der Waals surface area contributed by atoms with E-state index < -0.39 is 5.92 Å². The summed E-state index contributed by atoms with van der Waals surface area (Å²) in [6.07, 6.45) is 4.58. The summed E-state index contributed by atoms with van der Waals surface area (Å²) in [6.45, 7) is 0.310. The summed E-state index contributed by atoms with van der Waals surface area (Å²) in [4.78, 5) is 13.2. The predicted molar refractivity (Wildman–Crippen MR) is 102 cm³/mol. The number of ether oxygens (including phenoxy) is 1. The van der Waals surface area contributed by atoms with Gasteiger partial charge in [0.25, 0.3) is 0 Å². The third kappa shape index (κ3) is 2.93. The van der Waals surface area contributed by atoms with Gasteiger partial charge in [-0.15, -0.1) is 5.10 Å². The first kappa shape index (κ1) is 16.9. The summed E-state index contributed by atoms with van der Waals surface area (Å²) in [7, 11) is 0. The Labute approximate surface area is 162 Å². The lowest BCUT2D eigenvalue weighted by Crippen LogP contribution is -2.32. The van der Waals surface area contributed by atoms with Gasteiger partial charge in [-0.05, 0) is 35.4 Å². The van der Waals surface area contributed by atoms with Crippen molar-refractivity contribution in [2.24, 2.45) is 0 Å². The molecule has 0 atom stereocenters. The number of nitrogens with zero attached hydrogens (tertiary/aromatic N) is 4. The number of fused-ring (bicyclic) bond motifs is 2. The van der Waals surface area contributed by atoms with E-state index in [-0.39, 0.29) is 5.91 Å². The Morgan fingerprint density at radius 1 is 1.04 bits per heavy atom. The molecule has 1 fully saturated rings. The van der Waals surface area contributed by atoms with Gasteiger partial charge in [0.05, 0.1) is 18.5 Å². The van der Waals surface area contributed by atoms with Crippen LogP contribution in [0.2, 0.25) is 0 Å². The van der Waals surface area contributed by atoms with Crippen LogP contribution in [-0.2, 0) is 11.3 Å². The highest BCUT2D eigenvalue weighted by Crippen LogP contribution is 2.43. The van der Waals surface area contributed by atoms with Crippen molar-refractivity contribution in [2.45, 2.75) is 44.2 Å². The quantitative estimate of drug-likeness (QED) is 0.756. The van der Waals surface area contributed by atoms with Gasteiger partial charge in [0, 0.05) is 11.1 Å². The van der Waals surface area contributed by atoms with Crippen molar-refractivity contribution in [1.29, 1.82) is 0 Å². The molecule has 1 aliphatic heterocycles. The number of benzene rings is 2. The summed E-state index contributed by atoms with van der Waals surface area (Å²) >= 11 is 0. The van der Waals surface area contributed by atoms with Gasteiger partial charge in [0.1, 0.15) is 11.5 Å². The molecule has 1 N–H and O–H groups in total. The Kier molecular flexibility index (Phi) is 4.27. The van der Waals surface area contributed by atoms with Crippen molar-refractivity contribution in [1.82, 2.24) is 25.5 Å². The van der Waals surface area contributed by atoms with Crippen LogP contribution in [-0.4, -0.2) is 26.1 Å². The van der Waals surface area contributed by atoms with E-state index in [4.69, 9.17) is 4.74 Å². The molecule has 2 heterocycles. The lowest BCUT2D eigenvalue weighted by Gasteiger charge is -2.27. The third-order valence-corrected chi connectivity index (χ3v) is 5.59. The minimum absolute atomic E-state index is 0.0795. The number of carbonyl (C=O) groups is 1. The molecule has 7 nitrogen and oxygen atoms in total. The molecule has 142 valence electrons. The Balaban J connectivity index is 1.40. The molecule has 0 unspecified atom stereocenters. The molecule has 1 aromatic heterocycles. The Bertz CT molecular complexity index is 964. The molecule has 2 aliphatic rings. The number of tetrazole rings is 1. The second kappa shape index (κ2) is 7.07. The van der Waals surface area contributed by atoms with Crippen molar-refractivity contribution >= 4 is 5.91 Å². The third-order valence-electron chi connectivity index (χ3n) is 5.59. The lowest BCUT2D eigenvalue weighted by molar-refractivity contribution is -0.122. The van der Waals surface area contributed by atoms with Crippen LogP contribution in [0.1, 0.15) is 54.6 Å². The van der Waals surface area contributed by atoms with Gasteiger partial charge in [0.15, 0.2) is 5.82 Å². The van der Waals surface area contributed by atoms with Crippen molar-refractivity contribution in [3.8, 4) is 11.5 Å². The van der Waals surface area contributed by atoms with Crippen molar-refractivity contribution in [2.75, 3.05) is 0 Å². The van der Waals surface area contributed by atoms with E-state index in [9.17, 15) is 4.79 Å². The second-order valence-corrected chi connectivity index (χ2v) is 7.31. The molecule has 1 saturated carbocycles. The van der Waals surface area contributed by atoms with Crippen LogP contribution in [0.25, 0.3) is 0 Å². The first-order valence-electron chi connectivity index (χ1n) is 9.71. The topological polar surface area (TPSA) is 81.9 Å². The highest BCUT2D eigenvalue weighted by molar-refractivity contribution is 5.89. The van der Waals surface area contributed by atoms with Gasteiger partial charge in [-0.2, -0.15) is 0 Å². The maximum absolute atomic E-state index is 13.2. The van der Waals surface area contributed by atoms with E-state index in [2.05, 4.69) is 20.8 Å². The van der Waals surface area contributed by atoms with Gasteiger partial charge in [-0.25, -0.2) is 4.68 Å². The van der Waals surface area contributed by atoms with E-state index in [1.807, 2.05) is 53.2 Å². The van der Waals surface area contributed by atoms with E-state index in [0.717, 1.165) is 35.5 Å². The van der Waals surface area contributed by atoms with Gasteiger partial charge in [-0.1, -0.05) is 49.2 Å². The number of amides is 1. The number of para-hydroxylation sites is 2. The number of carbonyl (C=O) groups excluding carboxylic acids is 1. The van der Waals surface area contributed by atoms with Gasteiger partial charge in [0.2, 0.25) is 5.91 Å². The zero-order valence-corrected chi connectivity index (χ0v) is 15.4. The molecule has 0 radical (unpaired) electrons. The van der Waals surface area contributed by atoms with Crippen LogP contribution < -0.4 is 10.1 Å². The molecule has 1 aliphatic carbocycles. The Morgan fingerprint density at radius 2 is 1.68 bits per heavy atom. The SMILES string of the molecule is O=C(NCc1nnnn1C1CCCC1)C1c2ccccc2Oc2ccccc21. The number of aromatic nitrogens is 4. The molecule has 2 aromatic carbocycles. The number of rotatable bonds is 4. The maximum atomic E-state index is 13.2. The van der Waals surface area contributed by atoms with Gasteiger partial charge >= 0.3 is 0 Å². The largest absolute Gasteiger partial charge is 0.457 e. The highest BCUT2D eigenvalue weighted by Gasteiger charge is 2.32. The van der Waals surface area contributed by atoms with Gasteiger partial charge in [-0.3, -0.25) is 4.79 Å². The minimum Gasteiger partial charge on any atom is -0.457 e. The van der Waals surface area contributed by atoms with E-state index in [0.29, 0.717) is 18.4 Å². The molecule has 7 heteroatoms. The summed E-state index contributed by atoms with van der Waals surface area (Å²) in [6, 6.07) is 15.7. The van der Waals surface area contributed by atoms with Gasteiger partial charge < -0.3 is 10.1 Å². The summed E-state index contributed by atoms with van der Waals surface area (Å²) in [5, 5.41) is 15.1. The van der Waals surface area contributed by atoms with E-state index in [1.54, 1.807) is 0 Å². The Morgan fingerprint density at radius 3 is 2.36 bits per heavy atom.